The van der Waals surface area contributed by atoms with Gasteiger partial charge in [0.05, 0.1) is 7.11 Å². The number of amides is 1. The standard InChI is InChI=1S/C25H32N2O7/c1-15(2)14-21(17(4)32-19-10-8-7-9-11-19)34-25(30)16(3)27-24(29)22-23(33-18(5)28)20(31-6)12-13-26-22/h7-13,15-17,21H,14H2,1-6H3,(H,27,29)/t16-,17+,21-/m0/s1. The molecule has 1 amide bonds. The van der Waals surface area contributed by atoms with E-state index in [0.717, 1.165) is 0 Å². The van der Waals surface area contributed by atoms with Crippen LogP contribution in [0, 0.1) is 5.92 Å². The molecule has 9 nitrogen and oxygen atoms in total. The molecule has 0 aliphatic rings. The lowest BCUT2D eigenvalue weighted by Crippen LogP contribution is -2.44. The van der Waals surface area contributed by atoms with Gasteiger partial charge in [-0.05, 0) is 38.3 Å². The number of pyridine rings is 1. The minimum absolute atomic E-state index is 0.127. The molecule has 0 aliphatic carbocycles. The Morgan fingerprint density at radius 2 is 1.71 bits per heavy atom. The Labute approximate surface area is 199 Å². The number of ether oxygens (including phenoxy) is 4. The minimum Gasteiger partial charge on any atom is -0.493 e. The molecule has 0 saturated carbocycles. The molecule has 0 fully saturated rings. The van der Waals surface area contributed by atoms with Crippen molar-refractivity contribution in [1.29, 1.82) is 0 Å². The van der Waals surface area contributed by atoms with Crippen molar-refractivity contribution in [1.82, 2.24) is 10.3 Å². The molecule has 3 atom stereocenters. The number of carbonyl (C=O) groups excluding carboxylic acids is 3. The molecule has 0 unspecified atom stereocenters. The number of nitrogens with zero attached hydrogens (tertiary/aromatic N) is 1. The highest BCUT2D eigenvalue weighted by Gasteiger charge is 2.29. The van der Waals surface area contributed by atoms with Crippen LogP contribution in [0.5, 0.6) is 17.2 Å². The lowest BCUT2D eigenvalue weighted by molar-refractivity contribution is -0.156. The van der Waals surface area contributed by atoms with Crippen LogP contribution in [0.15, 0.2) is 42.6 Å². The van der Waals surface area contributed by atoms with Gasteiger partial charge in [-0.2, -0.15) is 0 Å². The van der Waals surface area contributed by atoms with Gasteiger partial charge in [0, 0.05) is 19.2 Å². The van der Waals surface area contributed by atoms with Gasteiger partial charge in [-0.25, -0.2) is 9.78 Å². The number of aromatic nitrogens is 1. The zero-order valence-electron chi connectivity index (χ0n) is 20.4. The average molecular weight is 473 g/mol. The second-order valence-electron chi connectivity index (χ2n) is 8.22. The topological polar surface area (TPSA) is 113 Å². The zero-order valence-corrected chi connectivity index (χ0v) is 20.4. The molecule has 34 heavy (non-hydrogen) atoms. The molecule has 1 N–H and O–H groups in total. The monoisotopic (exact) mass is 472 g/mol. The molecule has 0 aliphatic heterocycles. The van der Waals surface area contributed by atoms with E-state index in [2.05, 4.69) is 10.3 Å². The molecule has 2 aromatic rings. The number of benzene rings is 1. The van der Waals surface area contributed by atoms with Crippen molar-refractivity contribution in [3.8, 4) is 17.2 Å². The van der Waals surface area contributed by atoms with E-state index in [1.54, 1.807) is 0 Å². The van der Waals surface area contributed by atoms with Gasteiger partial charge in [0.1, 0.15) is 24.0 Å². The van der Waals surface area contributed by atoms with Gasteiger partial charge in [0.15, 0.2) is 11.4 Å². The molecular weight excluding hydrogens is 440 g/mol. The number of hydrogen-bond acceptors (Lipinski definition) is 8. The molecule has 1 heterocycles. The first-order valence-corrected chi connectivity index (χ1v) is 11.1. The molecule has 2 rings (SSSR count). The number of hydrogen-bond donors (Lipinski definition) is 1. The molecule has 184 valence electrons. The van der Waals surface area contributed by atoms with Gasteiger partial charge in [0.2, 0.25) is 5.75 Å². The van der Waals surface area contributed by atoms with E-state index < -0.39 is 36.1 Å². The zero-order chi connectivity index (χ0) is 25.3. The van der Waals surface area contributed by atoms with E-state index in [9.17, 15) is 14.4 Å². The third-order valence-corrected chi connectivity index (χ3v) is 4.81. The van der Waals surface area contributed by atoms with Crippen molar-refractivity contribution in [2.45, 2.75) is 59.3 Å². The van der Waals surface area contributed by atoms with Gasteiger partial charge in [-0.15, -0.1) is 0 Å². The number of para-hydroxylation sites is 1. The van der Waals surface area contributed by atoms with Crippen LogP contribution in [0.3, 0.4) is 0 Å². The number of carbonyl (C=O) groups is 3. The second kappa shape index (κ2) is 12.6. The van der Waals surface area contributed by atoms with Gasteiger partial charge < -0.3 is 24.3 Å². The van der Waals surface area contributed by atoms with Crippen molar-refractivity contribution in [2.75, 3.05) is 7.11 Å². The Morgan fingerprint density at radius 1 is 1.03 bits per heavy atom. The highest BCUT2D eigenvalue weighted by Crippen LogP contribution is 2.29. The summed E-state index contributed by atoms with van der Waals surface area (Å²) >= 11 is 0. The van der Waals surface area contributed by atoms with Crippen LogP contribution >= 0.6 is 0 Å². The van der Waals surface area contributed by atoms with Crippen LogP contribution < -0.4 is 19.5 Å². The molecule has 0 bridgehead atoms. The summed E-state index contributed by atoms with van der Waals surface area (Å²) in [6.07, 6.45) is 0.977. The summed E-state index contributed by atoms with van der Waals surface area (Å²) in [7, 11) is 1.37. The maximum atomic E-state index is 12.8. The smallest absolute Gasteiger partial charge is 0.328 e. The maximum Gasteiger partial charge on any atom is 0.328 e. The molecule has 1 aromatic carbocycles. The lowest BCUT2D eigenvalue weighted by Gasteiger charge is -2.27. The fourth-order valence-electron chi connectivity index (χ4n) is 3.16. The van der Waals surface area contributed by atoms with Crippen LogP contribution in [-0.2, 0) is 14.3 Å². The van der Waals surface area contributed by atoms with Crippen LogP contribution in [0.25, 0.3) is 0 Å². The van der Waals surface area contributed by atoms with Crippen LogP contribution in [0.4, 0.5) is 0 Å². The van der Waals surface area contributed by atoms with E-state index in [-0.39, 0.29) is 23.1 Å². The predicted molar refractivity (Wildman–Crippen MR) is 125 cm³/mol. The summed E-state index contributed by atoms with van der Waals surface area (Å²) in [6.45, 7) is 8.57. The van der Waals surface area contributed by atoms with Gasteiger partial charge in [-0.1, -0.05) is 32.0 Å². The highest BCUT2D eigenvalue weighted by molar-refractivity contribution is 5.98. The van der Waals surface area contributed by atoms with Gasteiger partial charge in [0.25, 0.3) is 5.91 Å². The maximum absolute atomic E-state index is 12.8. The fourth-order valence-corrected chi connectivity index (χ4v) is 3.16. The Balaban J connectivity index is 2.11. The van der Waals surface area contributed by atoms with Gasteiger partial charge in [-0.3, -0.25) is 9.59 Å². The number of nitrogens with one attached hydrogen (secondary N) is 1. The van der Waals surface area contributed by atoms with Crippen LogP contribution in [0.1, 0.15) is 51.5 Å². The minimum atomic E-state index is -0.996. The summed E-state index contributed by atoms with van der Waals surface area (Å²) in [4.78, 5) is 41.1. The molecule has 0 radical (unpaired) electrons. The largest absolute Gasteiger partial charge is 0.493 e. The van der Waals surface area contributed by atoms with E-state index in [0.29, 0.717) is 12.2 Å². The van der Waals surface area contributed by atoms with Gasteiger partial charge >= 0.3 is 11.9 Å². The van der Waals surface area contributed by atoms with Crippen molar-refractivity contribution in [3.05, 3.63) is 48.3 Å². The van der Waals surface area contributed by atoms with Crippen molar-refractivity contribution < 1.29 is 33.3 Å². The lowest BCUT2D eigenvalue weighted by atomic mass is 10.0. The number of rotatable bonds is 11. The quantitative estimate of drug-likeness (QED) is 0.494. The Bertz CT molecular complexity index is 978. The Kier molecular flexibility index (Phi) is 9.85. The first-order chi connectivity index (χ1) is 16.1. The molecule has 0 saturated heterocycles. The van der Waals surface area contributed by atoms with E-state index in [1.807, 2.05) is 51.1 Å². The van der Waals surface area contributed by atoms with Crippen molar-refractivity contribution in [3.63, 3.8) is 0 Å². The predicted octanol–water partition coefficient (Wildman–Crippen LogP) is 3.56. The van der Waals surface area contributed by atoms with Crippen LogP contribution in [0.2, 0.25) is 0 Å². The second-order valence-corrected chi connectivity index (χ2v) is 8.22. The number of methoxy groups -OCH3 is 1. The molecular formula is C25H32N2O7. The molecule has 9 heteroatoms. The Morgan fingerprint density at radius 3 is 2.29 bits per heavy atom. The third kappa shape index (κ3) is 7.75. The normalized spacial score (nSPS) is 13.4. The third-order valence-electron chi connectivity index (χ3n) is 4.81. The summed E-state index contributed by atoms with van der Waals surface area (Å²) in [6, 6.07) is 9.73. The van der Waals surface area contributed by atoms with E-state index in [4.69, 9.17) is 18.9 Å². The number of esters is 2. The van der Waals surface area contributed by atoms with Crippen molar-refractivity contribution >= 4 is 17.8 Å². The SMILES string of the molecule is COc1ccnc(C(=O)N[C@@H](C)C(=O)O[C@@H](CC(C)C)[C@@H](C)Oc2ccccc2)c1OC(C)=O. The first-order valence-electron chi connectivity index (χ1n) is 11.1. The van der Waals surface area contributed by atoms with E-state index in [1.165, 1.54) is 33.2 Å². The van der Waals surface area contributed by atoms with E-state index >= 15 is 0 Å². The van der Waals surface area contributed by atoms with Crippen molar-refractivity contribution in [2.24, 2.45) is 5.92 Å². The summed E-state index contributed by atoms with van der Waals surface area (Å²) < 4.78 is 21.9. The molecule has 0 spiro atoms. The fraction of sp³-hybridized carbons (Fsp3) is 0.440. The average Bonchev–Trinajstić information content (AvgIpc) is 2.78. The first kappa shape index (κ1) is 26.6. The highest BCUT2D eigenvalue weighted by atomic mass is 16.6. The Hall–Kier alpha value is -3.62. The summed E-state index contributed by atoms with van der Waals surface area (Å²) in [5.74, 6) is -1.03. The summed E-state index contributed by atoms with van der Waals surface area (Å²) in [5, 5.41) is 2.54. The molecule has 1 aromatic heterocycles. The van der Waals surface area contributed by atoms with Crippen LogP contribution in [-0.4, -0.2) is 48.2 Å². The summed E-state index contributed by atoms with van der Waals surface area (Å²) in [5.41, 5.74) is -0.186.